The van der Waals surface area contributed by atoms with Crippen molar-refractivity contribution < 1.29 is 14.3 Å². The molecule has 6 nitrogen and oxygen atoms in total. The molecule has 7 heteroatoms. The minimum atomic E-state index is -0.379. The Morgan fingerprint density at radius 2 is 1.78 bits per heavy atom. The monoisotopic (exact) mass is 423 g/mol. The van der Waals surface area contributed by atoms with Crippen LogP contribution in [0.5, 0.6) is 11.5 Å². The van der Waals surface area contributed by atoms with Crippen LogP contribution in [0.3, 0.4) is 0 Å². The van der Waals surface area contributed by atoms with Gasteiger partial charge in [0.25, 0.3) is 5.91 Å². The van der Waals surface area contributed by atoms with E-state index in [9.17, 15) is 15.3 Å². The molecule has 0 spiro atoms. The Hall–Kier alpha value is -3.29. The Morgan fingerprint density at radius 1 is 1.07 bits per heavy atom. The first kappa shape index (κ1) is 18.5. The number of ether oxygens (including phenoxy) is 2. The van der Waals surface area contributed by atoms with Crippen molar-refractivity contribution in [3.05, 3.63) is 57.6 Å². The third-order valence-corrected chi connectivity index (χ3v) is 4.73. The van der Waals surface area contributed by atoms with Crippen LogP contribution < -0.4 is 14.4 Å². The molecule has 1 heterocycles. The number of benzene rings is 2. The summed E-state index contributed by atoms with van der Waals surface area (Å²) in [5, 5.41) is 18.5. The summed E-state index contributed by atoms with van der Waals surface area (Å²) >= 11 is 3.38. The van der Waals surface area contributed by atoms with Crippen LogP contribution in [0.2, 0.25) is 0 Å². The lowest BCUT2D eigenvalue weighted by Crippen LogP contribution is -2.26. The molecule has 0 saturated heterocycles. The van der Waals surface area contributed by atoms with Crippen LogP contribution in [0.1, 0.15) is 11.1 Å². The SMILES string of the molecule is COc1ccc(CN2C(=O)C(=C(C#N)C#N)c3cc(Br)ccc32)cc1OC. The average molecular weight is 424 g/mol. The van der Waals surface area contributed by atoms with Gasteiger partial charge in [0.15, 0.2) is 11.5 Å². The number of methoxy groups -OCH3 is 2. The van der Waals surface area contributed by atoms with Crippen LogP contribution in [-0.4, -0.2) is 20.1 Å². The van der Waals surface area contributed by atoms with E-state index in [1.807, 2.05) is 24.3 Å². The van der Waals surface area contributed by atoms with Gasteiger partial charge in [0.2, 0.25) is 0 Å². The van der Waals surface area contributed by atoms with Gasteiger partial charge < -0.3 is 14.4 Å². The number of hydrogen-bond acceptors (Lipinski definition) is 5. The highest BCUT2D eigenvalue weighted by Crippen LogP contribution is 2.41. The van der Waals surface area contributed by atoms with Crippen LogP contribution in [0.25, 0.3) is 5.57 Å². The standard InChI is InChI=1S/C20H14BrN3O3/c1-26-17-6-3-12(7-18(17)27-2)11-24-16-5-4-14(21)8-15(16)19(20(24)25)13(9-22)10-23/h3-8H,11H2,1-2H3. The van der Waals surface area contributed by atoms with Gasteiger partial charge in [0.05, 0.1) is 32.0 Å². The van der Waals surface area contributed by atoms with Crippen LogP contribution >= 0.6 is 15.9 Å². The van der Waals surface area contributed by atoms with Gasteiger partial charge >= 0.3 is 0 Å². The molecular formula is C20H14BrN3O3. The number of fused-ring (bicyclic) bond motifs is 1. The lowest BCUT2D eigenvalue weighted by molar-refractivity contribution is -0.113. The van der Waals surface area contributed by atoms with Crippen molar-refractivity contribution in [3.8, 4) is 23.6 Å². The van der Waals surface area contributed by atoms with E-state index >= 15 is 0 Å². The minimum Gasteiger partial charge on any atom is -0.493 e. The summed E-state index contributed by atoms with van der Waals surface area (Å²) in [6.45, 7) is 0.265. The highest BCUT2D eigenvalue weighted by Gasteiger charge is 2.35. The van der Waals surface area contributed by atoms with Crippen molar-refractivity contribution in [2.24, 2.45) is 0 Å². The second kappa shape index (κ2) is 7.53. The molecule has 0 radical (unpaired) electrons. The first-order valence-electron chi connectivity index (χ1n) is 7.91. The lowest BCUT2D eigenvalue weighted by Gasteiger charge is -2.18. The highest BCUT2D eigenvalue weighted by molar-refractivity contribution is 9.10. The largest absolute Gasteiger partial charge is 0.493 e. The molecule has 27 heavy (non-hydrogen) atoms. The molecule has 0 N–H and O–H groups in total. The number of hydrogen-bond donors (Lipinski definition) is 0. The van der Waals surface area contributed by atoms with Gasteiger partial charge in [-0.05, 0) is 35.9 Å². The molecule has 1 aliphatic heterocycles. The number of amides is 1. The Morgan fingerprint density at radius 3 is 2.41 bits per heavy atom. The number of nitriles is 2. The van der Waals surface area contributed by atoms with Crippen LogP contribution in [0, 0.1) is 22.7 Å². The fraction of sp³-hybridized carbons (Fsp3) is 0.150. The molecule has 0 aromatic heterocycles. The summed E-state index contributed by atoms with van der Waals surface area (Å²) in [6, 6.07) is 14.4. The van der Waals surface area contributed by atoms with Gasteiger partial charge in [-0.2, -0.15) is 10.5 Å². The molecule has 2 aromatic carbocycles. The quantitative estimate of drug-likeness (QED) is 0.550. The van der Waals surface area contributed by atoms with Gasteiger partial charge in [-0.1, -0.05) is 22.0 Å². The number of carbonyl (C=O) groups excluding carboxylic acids is 1. The molecule has 3 rings (SSSR count). The van der Waals surface area contributed by atoms with E-state index in [-0.39, 0.29) is 23.6 Å². The predicted molar refractivity (Wildman–Crippen MR) is 103 cm³/mol. The number of halogens is 1. The zero-order valence-corrected chi connectivity index (χ0v) is 16.2. The van der Waals surface area contributed by atoms with E-state index in [1.54, 1.807) is 43.4 Å². The van der Waals surface area contributed by atoms with Crippen molar-refractivity contribution in [1.82, 2.24) is 0 Å². The first-order chi connectivity index (χ1) is 13.0. The molecule has 1 aliphatic rings. The molecule has 2 aromatic rings. The second-order valence-corrected chi connectivity index (χ2v) is 6.63. The van der Waals surface area contributed by atoms with Crippen molar-refractivity contribution in [1.29, 1.82) is 10.5 Å². The van der Waals surface area contributed by atoms with Crippen LogP contribution in [-0.2, 0) is 11.3 Å². The molecule has 0 unspecified atom stereocenters. The Balaban J connectivity index is 2.08. The Kier molecular flexibility index (Phi) is 5.16. The zero-order valence-electron chi connectivity index (χ0n) is 14.6. The number of anilines is 1. The third-order valence-electron chi connectivity index (χ3n) is 4.24. The second-order valence-electron chi connectivity index (χ2n) is 5.72. The van der Waals surface area contributed by atoms with E-state index < -0.39 is 0 Å². The molecule has 0 atom stereocenters. The summed E-state index contributed by atoms with van der Waals surface area (Å²) in [6.07, 6.45) is 0. The van der Waals surface area contributed by atoms with E-state index in [1.165, 1.54) is 0 Å². The number of rotatable bonds is 4. The van der Waals surface area contributed by atoms with E-state index in [0.717, 1.165) is 10.0 Å². The zero-order chi connectivity index (χ0) is 19.6. The van der Waals surface area contributed by atoms with Crippen molar-refractivity contribution in [2.75, 3.05) is 19.1 Å². The van der Waals surface area contributed by atoms with Gasteiger partial charge in [-0.25, -0.2) is 0 Å². The van der Waals surface area contributed by atoms with Gasteiger partial charge in [-0.3, -0.25) is 4.79 Å². The smallest absolute Gasteiger partial charge is 0.261 e. The molecule has 134 valence electrons. The maximum atomic E-state index is 13.0. The number of carbonyl (C=O) groups is 1. The van der Waals surface area contributed by atoms with E-state index in [0.29, 0.717) is 22.7 Å². The topological polar surface area (TPSA) is 86.4 Å². The number of nitrogens with zero attached hydrogens (tertiary/aromatic N) is 3. The normalized spacial score (nSPS) is 12.3. The molecule has 1 amide bonds. The minimum absolute atomic E-state index is 0.122. The Bertz CT molecular complexity index is 1030. The summed E-state index contributed by atoms with van der Waals surface area (Å²) in [7, 11) is 3.10. The molecule has 0 fully saturated rings. The van der Waals surface area contributed by atoms with Gasteiger partial charge in [-0.15, -0.1) is 0 Å². The van der Waals surface area contributed by atoms with Crippen molar-refractivity contribution in [3.63, 3.8) is 0 Å². The number of allylic oxidation sites excluding steroid dienone is 1. The first-order valence-corrected chi connectivity index (χ1v) is 8.70. The summed E-state index contributed by atoms with van der Waals surface area (Å²) in [4.78, 5) is 14.6. The third kappa shape index (κ3) is 3.25. The summed E-state index contributed by atoms with van der Waals surface area (Å²) in [5.74, 6) is 0.773. The van der Waals surface area contributed by atoms with E-state index in [4.69, 9.17) is 9.47 Å². The lowest BCUT2D eigenvalue weighted by atomic mass is 10.0. The van der Waals surface area contributed by atoms with Crippen LogP contribution in [0.15, 0.2) is 46.4 Å². The maximum absolute atomic E-state index is 13.0. The van der Waals surface area contributed by atoms with Crippen molar-refractivity contribution in [2.45, 2.75) is 6.54 Å². The van der Waals surface area contributed by atoms with E-state index in [2.05, 4.69) is 15.9 Å². The molecule has 0 bridgehead atoms. The summed E-state index contributed by atoms with van der Waals surface area (Å²) < 4.78 is 11.3. The average Bonchev–Trinajstić information content (AvgIpc) is 2.94. The van der Waals surface area contributed by atoms with Gasteiger partial charge in [0, 0.05) is 10.0 Å². The molecular weight excluding hydrogens is 410 g/mol. The molecule has 0 saturated carbocycles. The fourth-order valence-electron chi connectivity index (χ4n) is 3.00. The maximum Gasteiger partial charge on any atom is 0.261 e. The fourth-order valence-corrected chi connectivity index (χ4v) is 3.36. The van der Waals surface area contributed by atoms with Crippen LogP contribution in [0.4, 0.5) is 5.69 Å². The van der Waals surface area contributed by atoms with Gasteiger partial charge in [0.1, 0.15) is 17.7 Å². The van der Waals surface area contributed by atoms with Crippen molar-refractivity contribution >= 4 is 33.1 Å². The Labute approximate surface area is 165 Å². The molecule has 0 aliphatic carbocycles. The summed E-state index contributed by atoms with van der Waals surface area (Å²) in [5.41, 5.74) is 1.96. The predicted octanol–water partition coefficient (Wildman–Crippen LogP) is 3.81. The highest BCUT2D eigenvalue weighted by atomic mass is 79.9.